The number of rotatable bonds is 7. The third-order valence-electron chi connectivity index (χ3n) is 6.32. The van der Waals surface area contributed by atoms with Crippen molar-refractivity contribution in [2.45, 2.75) is 5.03 Å². The van der Waals surface area contributed by atoms with Crippen molar-refractivity contribution >= 4 is 57.5 Å². The highest BCUT2D eigenvalue weighted by molar-refractivity contribution is 8.00. The van der Waals surface area contributed by atoms with Crippen molar-refractivity contribution in [3.63, 3.8) is 0 Å². The van der Waals surface area contributed by atoms with Crippen LogP contribution in [-0.2, 0) is 4.79 Å². The van der Waals surface area contributed by atoms with Crippen LogP contribution < -0.4 is 5.32 Å². The van der Waals surface area contributed by atoms with Crippen LogP contribution in [0.2, 0.25) is 10.0 Å². The highest BCUT2D eigenvalue weighted by Crippen LogP contribution is 2.37. The molecule has 6 aromatic rings. The van der Waals surface area contributed by atoms with Crippen LogP contribution in [0.5, 0.6) is 0 Å². The number of nitrogens with one attached hydrogen (secondary N) is 2. The van der Waals surface area contributed by atoms with E-state index in [1.54, 1.807) is 18.2 Å². The predicted octanol–water partition coefficient (Wildman–Crippen LogP) is 9.00. The van der Waals surface area contributed by atoms with Gasteiger partial charge in [-0.05, 0) is 24.3 Å². The number of benzene rings is 4. The van der Waals surface area contributed by atoms with Gasteiger partial charge >= 0.3 is 0 Å². The fourth-order valence-electron chi connectivity index (χ4n) is 4.42. The van der Waals surface area contributed by atoms with E-state index in [-0.39, 0.29) is 11.7 Å². The Balaban J connectivity index is 1.39. The molecule has 196 valence electrons. The van der Waals surface area contributed by atoms with E-state index in [1.807, 2.05) is 72.8 Å². The molecule has 0 saturated heterocycles. The lowest BCUT2D eigenvalue weighted by Crippen LogP contribution is -2.14. The molecule has 0 aliphatic carbocycles. The molecule has 8 heteroatoms. The van der Waals surface area contributed by atoms with Crippen LogP contribution in [0, 0.1) is 0 Å². The van der Waals surface area contributed by atoms with Gasteiger partial charge in [0.05, 0.1) is 44.0 Å². The molecular formula is C32H22Cl2N4OS. The number of fused-ring (bicyclic) bond motifs is 1. The Bertz CT molecular complexity index is 1770. The Morgan fingerprint density at radius 2 is 1.50 bits per heavy atom. The number of pyridine rings is 1. The van der Waals surface area contributed by atoms with Gasteiger partial charge in [0, 0.05) is 16.5 Å². The molecule has 2 aromatic heterocycles. The molecule has 2 N–H and O–H groups in total. The molecular weight excluding hydrogens is 559 g/mol. The molecule has 0 saturated carbocycles. The topological polar surface area (TPSA) is 70.7 Å². The number of imidazole rings is 1. The molecule has 2 heterocycles. The first-order valence-electron chi connectivity index (χ1n) is 12.5. The molecule has 0 radical (unpaired) electrons. The van der Waals surface area contributed by atoms with Gasteiger partial charge in [-0.1, -0.05) is 120 Å². The Hall–Kier alpha value is -4.10. The highest BCUT2D eigenvalue weighted by Gasteiger charge is 2.20. The molecule has 40 heavy (non-hydrogen) atoms. The number of anilines is 1. The van der Waals surface area contributed by atoms with Gasteiger partial charge in [0.2, 0.25) is 5.91 Å². The zero-order valence-corrected chi connectivity index (χ0v) is 23.4. The summed E-state index contributed by atoms with van der Waals surface area (Å²) in [7, 11) is 0. The molecule has 6 rings (SSSR count). The second-order valence-electron chi connectivity index (χ2n) is 9.01. The number of thioether (sulfide) groups is 1. The Morgan fingerprint density at radius 3 is 2.27 bits per heavy atom. The number of H-pyrrole nitrogens is 1. The van der Waals surface area contributed by atoms with Gasteiger partial charge < -0.3 is 10.3 Å². The van der Waals surface area contributed by atoms with E-state index < -0.39 is 0 Å². The van der Waals surface area contributed by atoms with Crippen molar-refractivity contribution in [1.82, 2.24) is 15.0 Å². The van der Waals surface area contributed by atoms with Crippen molar-refractivity contribution < 1.29 is 4.79 Å². The molecule has 0 atom stereocenters. The summed E-state index contributed by atoms with van der Waals surface area (Å²) in [6.07, 6.45) is 0. The smallest absolute Gasteiger partial charge is 0.234 e. The summed E-state index contributed by atoms with van der Waals surface area (Å²) >= 11 is 13.7. The minimum atomic E-state index is -0.218. The quantitative estimate of drug-likeness (QED) is 0.185. The summed E-state index contributed by atoms with van der Waals surface area (Å²) in [5, 5.41) is 5.21. The SMILES string of the molecule is O=C(CSc1nc2ccccc2cc1-c1nc(-c2ccccc2)c(-c2ccccc2)[nH]1)Nc1cccc(Cl)c1Cl. The fourth-order valence-corrected chi connectivity index (χ4v) is 5.58. The molecule has 0 unspecified atom stereocenters. The van der Waals surface area contributed by atoms with E-state index in [9.17, 15) is 4.79 Å². The summed E-state index contributed by atoms with van der Waals surface area (Å²) < 4.78 is 0. The van der Waals surface area contributed by atoms with E-state index >= 15 is 0 Å². The lowest BCUT2D eigenvalue weighted by Gasteiger charge is -2.10. The summed E-state index contributed by atoms with van der Waals surface area (Å²) in [5.74, 6) is 0.583. The van der Waals surface area contributed by atoms with Crippen molar-refractivity contribution in [1.29, 1.82) is 0 Å². The summed E-state index contributed by atoms with van der Waals surface area (Å²) in [5.41, 5.74) is 5.92. The number of aromatic nitrogens is 3. The fraction of sp³-hybridized carbons (Fsp3) is 0.0312. The van der Waals surface area contributed by atoms with Crippen molar-refractivity contribution in [2.24, 2.45) is 0 Å². The minimum Gasteiger partial charge on any atom is -0.337 e. The Kier molecular flexibility index (Phi) is 7.55. The zero-order chi connectivity index (χ0) is 27.5. The monoisotopic (exact) mass is 580 g/mol. The van der Waals surface area contributed by atoms with Crippen molar-refractivity contribution in [3.05, 3.63) is 119 Å². The number of nitrogens with zero attached hydrogens (tertiary/aromatic N) is 2. The molecule has 0 aliphatic rings. The summed E-state index contributed by atoms with van der Waals surface area (Å²) in [6, 6.07) is 35.3. The van der Waals surface area contributed by atoms with Crippen LogP contribution in [-0.4, -0.2) is 26.6 Å². The first kappa shape index (κ1) is 26.1. The third kappa shape index (κ3) is 5.47. The Labute approximate surface area is 245 Å². The van der Waals surface area contributed by atoms with E-state index in [1.165, 1.54) is 11.8 Å². The van der Waals surface area contributed by atoms with Gasteiger partial charge in [0.25, 0.3) is 0 Å². The second kappa shape index (κ2) is 11.6. The van der Waals surface area contributed by atoms with Gasteiger partial charge in [-0.2, -0.15) is 0 Å². The normalized spacial score (nSPS) is 11.1. The maximum absolute atomic E-state index is 12.9. The molecule has 0 fully saturated rings. The zero-order valence-electron chi connectivity index (χ0n) is 21.1. The maximum Gasteiger partial charge on any atom is 0.234 e. The van der Waals surface area contributed by atoms with Crippen LogP contribution in [0.3, 0.4) is 0 Å². The molecule has 1 amide bonds. The number of amides is 1. The van der Waals surface area contributed by atoms with E-state index in [0.29, 0.717) is 26.6 Å². The number of aromatic amines is 1. The van der Waals surface area contributed by atoms with Gasteiger partial charge in [0.1, 0.15) is 10.9 Å². The van der Waals surface area contributed by atoms with E-state index in [0.717, 1.165) is 39.0 Å². The molecule has 0 spiro atoms. The highest BCUT2D eigenvalue weighted by atomic mass is 35.5. The lowest BCUT2D eigenvalue weighted by molar-refractivity contribution is -0.113. The average molecular weight is 582 g/mol. The van der Waals surface area contributed by atoms with Gasteiger partial charge in [-0.3, -0.25) is 4.79 Å². The Morgan fingerprint density at radius 1 is 0.800 bits per heavy atom. The average Bonchev–Trinajstić information content (AvgIpc) is 3.44. The standard InChI is InChI=1S/C32H22Cl2N4OS/c33-24-15-9-17-26(28(24)34)35-27(39)19-40-32-23(18-22-14-7-8-16-25(22)36-32)31-37-29(20-10-3-1-4-11-20)30(38-31)21-12-5-2-6-13-21/h1-18H,19H2,(H,35,39)(H,37,38). The molecule has 0 bridgehead atoms. The minimum absolute atomic E-state index is 0.124. The van der Waals surface area contributed by atoms with Crippen LogP contribution in [0.1, 0.15) is 0 Å². The van der Waals surface area contributed by atoms with Gasteiger partial charge in [-0.25, -0.2) is 9.97 Å². The van der Waals surface area contributed by atoms with Crippen LogP contribution >= 0.6 is 35.0 Å². The first-order valence-corrected chi connectivity index (χ1v) is 14.3. The summed E-state index contributed by atoms with van der Waals surface area (Å²) in [4.78, 5) is 26.5. The van der Waals surface area contributed by atoms with Crippen LogP contribution in [0.15, 0.2) is 114 Å². The number of hydrogen-bond donors (Lipinski definition) is 2. The number of para-hydroxylation sites is 1. The second-order valence-corrected chi connectivity index (χ2v) is 10.8. The molecule has 0 aliphatic heterocycles. The number of hydrogen-bond acceptors (Lipinski definition) is 4. The molecule has 5 nitrogen and oxygen atoms in total. The van der Waals surface area contributed by atoms with Crippen molar-refractivity contribution in [2.75, 3.05) is 11.1 Å². The third-order valence-corrected chi connectivity index (χ3v) is 8.13. The van der Waals surface area contributed by atoms with E-state index in [4.69, 9.17) is 33.2 Å². The van der Waals surface area contributed by atoms with Gasteiger partial charge in [-0.15, -0.1) is 0 Å². The van der Waals surface area contributed by atoms with Crippen LogP contribution in [0.25, 0.3) is 44.8 Å². The first-order chi connectivity index (χ1) is 19.6. The predicted molar refractivity (Wildman–Crippen MR) is 166 cm³/mol. The lowest BCUT2D eigenvalue weighted by atomic mass is 10.1. The van der Waals surface area contributed by atoms with Crippen molar-refractivity contribution in [3.8, 4) is 33.9 Å². The number of carbonyl (C=O) groups excluding carboxylic acids is 1. The summed E-state index contributed by atoms with van der Waals surface area (Å²) in [6.45, 7) is 0. The molecule has 4 aromatic carbocycles. The van der Waals surface area contributed by atoms with Crippen LogP contribution in [0.4, 0.5) is 5.69 Å². The maximum atomic E-state index is 12.9. The largest absolute Gasteiger partial charge is 0.337 e. The number of halogens is 2. The number of carbonyl (C=O) groups is 1. The van der Waals surface area contributed by atoms with E-state index in [2.05, 4.69) is 28.5 Å². The van der Waals surface area contributed by atoms with Gasteiger partial charge in [0.15, 0.2) is 0 Å².